The van der Waals surface area contributed by atoms with Crippen molar-refractivity contribution < 1.29 is 0 Å². The predicted octanol–water partition coefficient (Wildman–Crippen LogP) is 2.57. The standard InChI is InChI=1S/C15H24N2/c1-3-16-15-7-9-17(10-8-15)12-14-6-4-5-13(2)11-14/h4-6,11,15-16H,3,7-10,12H2,1-2H3. The number of likely N-dealkylation sites (tertiary alicyclic amines) is 1. The van der Waals surface area contributed by atoms with E-state index in [0.717, 1.165) is 19.1 Å². The normalized spacial score (nSPS) is 18.5. The SMILES string of the molecule is CCNC1CCN(Cc2cccc(C)c2)CC1. The molecule has 0 unspecified atom stereocenters. The highest BCUT2D eigenvalue weighted by atomic mass is 15.1. The molecule has 0 spiro atoms. The van der Waals surface area contributed by atoms with E-state index in [9.17, 15) is 0 Å². The number of hydrogen-bond acceptors (Lipinski definition) is 2. The van der Waals surface area contributed by atoms with Crippen molar-refractivity contribution in [3.8, 4) is 0 Å². The summed E-state index contributed by atoms with van der Waals surface area (Å²) in [6, 6.07) is 9.62. The number of piperidine rings is 1. The van der Waals surface area contributed by atoms with Crippen LogP contribution < -0.4 is 5.32 Å². The molecule has 1 aromatic rings. The second-order valence-electron chi connectivity index (χ2n) is 5.10. The molecule has 1 saturated heterocycles. The molecule has 94 valence electrons. The summed E-state index contributed by atoms with van der Waals surface area (Å²) >= 11 is 0. The molecule has 1 aromatic carbocycles. The number of aryl methyl sites for hydroxylation is 1. The molecule has 0 bridgehead atoms. The molecule has 1 aliphatic rings. The van der Waals surface area contributed by atoms with E-state index >= 15 is 0 Å². The van der Waals surface area contributed by atoms with Gasteiger partial charge in [-0.05, 0) is 45.0 Å². The Balaban J connectivity index is 1.82. The van der Waals surface area contributed by atoms with Crippen LogP contribution in [-0.2, 0) is 6.54 Å². The van der Waals surface area contributed by atoms with Crippen LogP contribution >= 0.6 is 0 Å². The lowest BCUT2D eigenvalue weighted by Crippen LogP contribution is -2.42. The maximum atomic E-state index is 3.55. The number of rotatable bonds is 4. The first kappa shape index (κ1) is 12.6. The summed E-state index contributed by atoms with van der Waals surface area (Å²) in [6.45, 7) is 9.03. The van der Waals surface area contributed by atoms with E-state index in [1.54, 1.807) is 0 Å². The summed E-state index contributed by atoms with van der Waals surface area (Å²) in [6.07, 6.45) is 2.58. The van der Waals surface area contributed by atoms with Gasteiger partial charge in [0.25, 0.3) is 0 Å². The van der Waals surface area contributed by atoms with E-state index in [1.165, 1.54) is 37.1 Å². The summed E-state index contributed by atoms with van der Waals surface area (Å²) in [5.74, 6) is 0. The van der Waals surface area contributed by atoms with Gasteiger partial charge >= 0.3 is 0 Å². The fraction of sp³-hybridized carbons (Fsp3) is 0.600. The maximum absolute atomic E-state index is 3.55. The monoisotopic (exact) mass is 232 g/mol. The number of nitrogens with one attached hydrogen (secondary N) is 1. The van der Waals surface area contributed by atoms with Gasteiger partial charge in [0.1, 0.15) is 0 Å². The van der Waals surface area contributed by atoms with E-state index in [-0.39, 0.29) is 0 Å². The van der Waals surface area contributed by atoms with E-state index in [1.807, 2.05) is 0 Å². The molecule has 2 heteroatoms. The van der Waals surface area contributed by atoms with E-state index < -0.39 is 0 Å². The minimum absolute atomic E-state index is 0.744. The largest absolute Gasteiger partial charge is 0.314 e. The lowest BCUT2D eigenvalue weighted by atomic mass is 10.0. The van der Waals surface area contributed by atoms with Gasteiger partial charge in [-0.1, -0.05) is 36.8 Å². The van der Waals surface area contributed by atoms with Crippen LogP contribution in [0.4, 0.5) is 0 Å². The van der Waals surface area contributed by atoms with Crippen LogP contribution in [0.5, 0.6) is 0 Å². The minimum atomic E-state index is 0.744. The van der Waals surface area contributed by atoms with Crippen molar-refractivity contribution in [1.29, 1.82) is 0 Å². The summed E-state index contributed by atoms with van der Waals surface area (Å²) in [5.41, 5.74) is 2.82. The van der Waals surface area contributed by atoms with Crippen LogP contribution in [0.3, 0.4) is 0 Å². The highest BCUT2D eigenvalue weighted by Crippen LogP contribution is 2.14. The zero-order chi connectivity index (χ0) is 12.1. The van der Waals surface area contributed by atoms with Crippen LogP contribution in [0.15, 0.2) is 24.3 Å². The van der Waals surface area contributed by atoms with Crippen molar-refractivity contribution in [3.05, 3.63) is 35.4 Å². The van der Waals surface area contributed by atoms with Crippen molar-refractivity contribution in [1.82, 2.24) is 10.2 Å². The zero-order valence-electron chi connectivity index (χ0n) is 11.1. The molecule has 2 nitrogen and oxygen atoms in total. The molecule has 0 aliphatic carbocycles. The summed E-state index contributed by atoms with van der Waals surface area (Å²) in [5, 5.41) is 3.55. The van der Waals surface area contributed by atoms with Crippen LogP contribution in [-0.4, -0.2) is 30.6 Å². The Morgan fingerprint density at radius 3 is 2.71 bits per heavy atom. The molecule has 0 aromatic heterocycles. The molecule has 0 radical (unpaired) electrons. The summed E-state index contributed by atoms with van der Waals surface area (Å²) in [4.78, 5) is 2.57. The van der Waals surface area contributed by atoms with Crippen LogP contribution in [0.1, 0.15) is 30.9 Å². The van der Waals surface area contributed by atoms with Crippen molar-refractivity contribution in [2.45, 2.75) is 39.3 Å². The first-order chi connectivity index (χ1) is 8.28. The Bertz CT molecular complexity index is 341. The number of nitrogens with zero attached hydrogens (tertiary/aromatic N) is 1. The molecular weight excluding hydrogens is 208 g/mol. The summed E-state index contributed by atoms with van der Waals surface area (Å²) < 4.78 is 0. The third-order valence-electron chi connectivity index (χ3n) is 3.57. The molecule has 1 aliphatic heterocycles. The quantitative estimate of drug-likeness (QED) is 0.858. The lowest BCUT2D eigenvalue weighted by molar-refractivity contribution is 0.192. The van der Waals surface area contributed by atoms with Gasteiger partial charge in [0.2, 0.25) is 0 Å². The first-order valence-corrected chi connectivity index (χ1v) is 6.79. The molecule has 0 saturated carbocycles. The van der Waals surface area contributed by atoms with Gasteiger partial charge in [-0.3, -0.25) is 4.90 Å². The van der Waals surface area contributed by atoms with Gasteiger partial charge in [0, 0.05) is 12.6 Å². The second kappa shape index (κ2) is 6.18. The van der Waals surface area contributed by atoms with Gasteiger partial charge < -0.3 is 5.32 Å². The molecule has 1 N–H and O–H groups in total. The molecule has 0 atom stereocenters. The van der Waals surface area contributed by atoms with Crippen molar-refractivity contribution in [2.75, 3.05) is 19.6 Å². The summed E-state index contributed by atoms with van der Waals surface area (Å²) in [7, 11) is 0. The average molecular weight is 232 g/mol. The smallest absolute Gasteiger partial charge is 0.0233 e. The Kier molecular flexibility index (Phi) is 4.57. The molecule has 2 rings (SSSR count). The van der Waals surface area contributed by atoms with Crippen LogP contribution in [0.2, 0.25) is 0 Å². The molecule has 1 fully saturated rings. The van der Waals surface area contributed by atoms with Crippen LogP contribution in [0.25, 0.3) is 0 Å². The molecular formula is C15H24N2. The molecule has 0 amide bonds. The van der Waals surface area contributed by atoms with Crippen molar-refractivity contribution in [2.24, 2.45) is 0 Å². The molecule has 17 heavy (non-hydrogen) atoms. The highest BCUT2D eigenvalue weighted by Gasteiger charge is 2.17. The third kappa shape index (κ3) is 3.83. The van der Waals surface area contributed by atoms with Gasteiger partial charge in [0.15, 0.2) is 0 Å². The lowest BCUT2D eigenvalue weighted by Gasteiger charge is -2.32. The Hall–Kier alpha value is -0.860. The topological polar surface area (TPSA) is 15.3 Å². The fourth-order valence-corrected chi connectivity index (χ4v) is 2.65. The van der Waals surface area contributed by atoms with Crippen molar-refractivity contribution >= 4 is 0 Å². The van der Waals surface area contributed by atoms with Crippen LogP contribution in [0, 0.1) is 6.92 Å². The Morgan fingerprint density at radius 2 is 2.06 bits per heavy atom. The molecule has 1 heterocycles. The average Bonchev–Trinajstić information content (AvgIpc) is 2.32. The number of benzene rings is 1. The third-order valence-corrected chi connectivity index (χ3v) is 3.57. The minimum Gasteiger partial charge on any atom is -0.314 e. The fourth-order valence-electron chi connectivity index (χ4n) is 2.65. The van der Waals surface area contributed by atoms with E-state index in [0.29, 0.717) is 0 Å². The number of hydrogen-bond donors (Lipinski definition) is 1. The van der Waals surface area contributed by atoms with Gasteiger partial charge in [-0.15, -0.1) is 0 Å². The van der Waals surface area contributed by atoms with E-state index in [2.05, 4.69) is 48.3 Å². The zero-order valence-corrected chi connectivity index (χ0v) is 11.1. The van der Waals surface area contributed by atoms with E-state index in [4.69, 9.17) is 0 Å². The highest BCUT2D eigenvalue weighted by molar-refractivity contribution is 5.22. The predicted molar refractivity (Wildman–Crippen MR) is 73.2 cm³/mol. The van der Waals surface area contributed by atoms with Gasteiger partial charge in [0.05, 0.1) is 0 Å². The maximum Gasteiger partial charge on any atom is 0.0233 e. The Labute approximate surface area is 105 Å². The Morgan fingerprint density at radius 1 is 1.29 bits per heavy atom. The second-order valence-corrected chi connectivity index (χ2v) is 5.10. The first-order valence-electron chi connectivity index (χ1n) is 6.79. The van der Waals surface area contributed by atoms with Crippen molar-refractivity contribution in [3.63, 3.8) is 0 Å². The van der Waals surface area contributed by atoms with Gasteiger partial charge in [-0.2, -0.15) is 0 Å². The van der Waals surface area contributed by atoms with Gasteiger partial charge in [-0.25, -0.2) is 0 Å².